The van der Waals surface area contributed by atoms with Crippen molar-refractivity contribution in [3.05, 3.63) is 49.6 Å². The summed E-state index contributed by atoms with van der Waals surface area (Å²) in [6.07, 6.45) is -4.38. The average Bonchev–Trinajstić information content (AvgIpc) is 2.71. The van der Waals surface area contributed by atoms with Crippen LogP contribution in [0.2, 0.25) is 4.34 Å². The van der Waals surface area contributed by atoms with Crippen molar-refractivity contribution >= 4 is 44.6 Å². The second-order valence-electron chi connectivity index (χ2n) is 3.75. The Kier molecular flexibility index (Phi) is 4.43. The van der Waals surface area contributed by atoms with Gasteiger partial charge in [-0.3, -0.25) is 0 Å². The zero-order valence-corrected chi connectivity index (χ0v) is 12.6. The number of alkyl halides is 3. The highest BCUT2D eigenvalue weighted by atomic mass is 79.9. The molecule has 0 bridgehead atoms. The van der Waals surface area contributed by atoms with Crippen LogP contribution < -0.4 is 5.32 Å². The lowest BCUT2D eigenvalue weighted by Crippen LogP contribution is -2.10. The van der Waals surface area contributed by atoms with Gasteiger partial charge in [-0.1, -0.05) is 27.5 Å². The predicted octanol–water partition coefficient (Wildman–Crippen LogP) is 5.79. The van der Waals surface area contributed by atoms with E-state index in [4.69, 9.17) is 11.6 Å². The maximum Gasteiger partial charge on any atom is 0.418 e. The van der Waals surface area contributed by atoms with Gasteiger partial charge in [0, 0.05) is 21.6 Å². The van der Waals surface area contributed by atoms with Gasteiger partial charge in [-0.15, -0.1) is 11.3 Å². The van der Waals surface area contributed by atoms with Crippen molar-refractivity contribution in [3.63, 3.8) is 0 Å². The molecule has 1 aromatic carbocycles. The maximum absolute atomic E-state index is 12.8. The molecular formula is C12H8BrClF3NS. The first kappa shape index (κ1) is 14.7. The summed E-state index contributed by atoms with van der Waals surface area (Å²) in [5.74, 6) is 0. The van der Waals surface area contributed by atoms with Crippen LogP contribution in [0.1, 0.15) is 10.4 Å². The number of thiophene rings is 1. The molecule has 2 rings (SSSR count). The Morgan fingerprint density at radius 2 is 1.95 bits per heavy atom. The molecule has 0 radical (unpaired) electrons. The molecule has 0 atom stereocenters. The molecule has 1 nitrogen and oxygen atoms in total. The molecule has 1 heterocycles. The lowest BCUT2D eigenvalue weighted by Gasteiger charge is -2.14. The van der Waals surface area contributed by atoms with Gasteiger partial charge in [-0.2, -0.15) is 13.2 Å². The zero-order valence-electron chi connectivity index (χ0n) is 9.39. The van der Waals surface area contributed by atoms with Crippen LogP contribution in [0, 0.1) is 0 Å². The summed E-state index contributed by atoms with van der Waals surface area (Å²) in [7, 11) is 0. The molecule has 1 N–H and O–H groups in total. The van der Waals surface area contributed by atoms with Gasteiger partial charge in [0.2, 0.25) is 0 Å². The van der Waals surface area contributed by atoms with Crippen molar-refractivity contribution < 1.29 is 13.2 Å². The van der Waals surface area contributed by atoms with Crippen molar-refractivity contribution in [2.45, 2.75) is 12.7 Å². The highest BCUT2D eigenvalue weighted by Crippen LogP contribution is 2.36. The monoisotopic (exact) mass is 369 g/mol. The molecule has 0 aliphatic rings. The van der Waals surface area contributed by atoms with Crippen LogP contribution in [0.25, 0.3) is 0 Å². The first-order valence-corrected chi connectivity index (χ1v) is 7.20. The van der Waals surface area contributed by atoms with Crippen LogP contribution in [0.3, 0.4) is 0 Å². The Morgan fingerprint density at radius 1 is 1.21 bits per heavy atom. The molecule has 0 fully saturated rings. The van der Waals surface area contributed by atoms with E-state index in [-0.39, 0.29) is 5.69 Å². The van der Waals surface area contributed by atoms with E-state index in [1.807, 2.05) is 0 Å². The van der Waals surface area contributed by atoms with Crippen LogP contribution in [-0.4, -0.2) is 0 Å². The van der Waals surface area contributed by atoms with Crippen molar-refractivity contribution in [3.8, 4) is 0 Å². The highest BCUT2D eigenvalue weighted by molar-refractivity contribution is 9.10. The van der Waals surface area contributed by atoms with Crippen LogP contribution >= 0.6 is 38.9 Å². The van der Waals surface area contributed by atoms with Crippen LogP contribution in [0.15, 0.2) is 34.8 Å². The maximum atomic E-state index is 12.8. The van der Waals surface area contributed by atoms with E-state index in [0.717, 1.165) is 10.9 Å². The number of hydrogen-bond acceptors (Lipinski definition) is 2. The van der Waals surface area contributed by atoms with Crippen LogP contribution in [0.4, 0.5) is 18.9 Å². The predicted molar refractivity (Wildman–Crippen MR) is 75.8 cm³/mol. The van der Waals surface area contributed by atoms with E-state index in [1.165, 1.54) is 23.5 Å². The summed E-state index contributed by atoms with van der Waals surface area (Å²) in [6.45, 7) is 0.303. The van der Waals surface area contributed by atoms with E-state index in [2.05, 4.69) is 21.2 Å². The molecule has 0 spiro atoms. The molecule has 0 amide bonds. The Hall–Kier alpha value is -0.720. The molecular weight excluding hydrogens is 363 g/mol. The quantitative estimate of drug-likeness (QED) is 0.720. The molecule has 0 aliphatic heterocycles. The third-order valence-electron chi connectivity index (χ3n) is 2.37. The SMILES string of the molecule is FC(F)(F)c1ccc(Br)cc1NCc1ccc(Cl)s1. The molecule has 0 unspecified atom stereocenters. The molecule has 102 valence electrons. The lowest BCUT2D eigenvalue weighted by molar-refractivity contribution is -0.137. The summed E-state index contributed by atoms with van der Waals surface area (Å²) < 4.78 is 39.7. The average molecular weight is 371 g/mol. The zero-order chi connectivity index (χ0) is 14.0. The van der Waals surface area contributed by atoms with Gasteiger partial charge in [0.15, 0.2) is 0 Å². The fraction of sp³-hybridized carbons (Fsp3) is 0.167. The van der Waals surface area contributed by atoms with E-state index in [1.54, 1.807) is 12.1 Å². The lowest BCUT2D eigenvalue weighted by atomic mass is 10.1. The minimum absolute atomic E-state index is 0.0476. The summed E-state index contributed by atoms with van der Waals surface area (Å²) in [5, 5.41) is 2.79. The number of nitrogens with one attached hydrogen (secondary N) is 1. The van der Waals surface area contributed by atoms with Gasteiger partial charge in [0.1, 0.15) is 0 Å². The molecule has 0 saturated carbocycles. The Labute approximate surface area is 125 Å². The summed E-state index contributed by atoms with van der Waals surface area (Å²) in [6, 6.07) is 7.34. The van der Waals surface area contributed by atoms with Crippen LogP contribution in [-0.2, 0) is 12.7 Å². The minimum atomic E-state index is -4.38. The van der Waals surface area contributed by atoms with Crippen molar-refractivity contribution in [2.24, 2.45) is 0 Å². The highest BCUT2D eigenvalue weighted by Gasteiger charge is 2.33. The van der Waals surface area contributed by atoms with E-state index in [0.29, 0.717) is 15.4 Å². The molecule has 0 aliphatic carbocycles. The van der Waals surface area contributed by atoms with Gasteiger partial charge < -0.3 is 5.32 Å². The van der Waals surface area contributed by atoms with Gasteiger partial charge in [-0.25, -0.2) is 0 Å². The molecule has 0 saturated heterocycles. The first-order valence-electron chi connectivity index (χ1n) is 5.21. The van der Waals surface area contributed by atoms with E-state index < -0.39 is 11.7 Å². The normalized spacial score (nSPS) is 11.6. The summed E-state index contributed by atoms with van der Waals surface area (Å²) in [4.78, 5) is 0.873. The first-order chi connectivity index (χ1) is 8.86. The molecule has 2 aromatic rings. The van der Waals surface area contributed by atoms with Crippen molar-refractivity contribution in [2.75, 3.05) is 5.32 Å². The Balaban J connectivity index is 2.21. The Bertz CT molecular complexity index is 583. The topological polar surface area (TPSA) is 12.0 Å². The third-order valence-corrected chi connectivity index (χ3v) is 4.09. The van der Waals surface area contributed by atoms with Crippen molar-refractivity contribution in [1.82, 2.24) is 0 Å². The van der Waals surface area contributed by atoms with Gasteiger partial charge in [-0.05, 0) is 30.3 Å². The number of benzene rings is 1. The third kappa shape index (κ3) is 3.87. The number of rotatable bonds is 3. The van der Waals surface area contributed by atoms with Gasteiger partial charge in [0.25, 0.3) is 0 Å². The number of hydrogen-bond donors (Lipinski definition) is 1. The number of anilines is 1. The van der Waals surface area contributed by atoms with Crippen molar-refractivity contribution in [1.29, 1.82) is 0 Å². The smallest absolute Gasteiger partial charge is 0.380 e. The summed E-state index contributed by atoms with van der Waals surface area (Å²) >= 11 is 10.3. The van der Waals surface area contributed by atoms with Crippen LogP contribution in [0.5, 0.6) is 0 Å². The second-order valence-corrected chi connectivity index (χ2v) is 6.46. The fourth-order valence-corrected chi connectivity index (χ4v) is 2.93. The van der Waals surface area contributed by atoms with E-state index >= 15 is 0 Å². The van der Waals surface area contributed by atoms with E-state index in [9.17, 15) is 13.2 Å². The molecule has 7 heteroatoms. The largest absolute Gasteiger partial charge is 0.418 e. The summed E-state index contributed by atoms with van der Waals surface area (Å²) in [5.41, 5.74) is -0.634. The minimum Gasteiger partial charge on any atom is -0.380 e. The molecule has 1 aromatic heterocycles. The fourth-order valence-electron chi connectivity index (χ4n) is 1.54. The number of halogens is 5. The Morgan fingerprint density at radius 3 is 2.53 bits per heavy atom. The second kappa shape index (κ2) is 5.73. The molecule has 19 heavy (non-hydrogen) atoms. The van der Waals surface area contributed by atoms with Gasteiger partial charge in [0.05, 0.1) is 9.90 Å². The van der Waals surface area contributed by atoms with Gasteiger partial charge >= 0.3 is 6.18 Å². The standard InChI is InChI=1S/C12H8BrClF3NS/c13-7-1-3-9(12(15,16)17)10(5-7)18-6-8-2-4-11(14)19-8/h1-5,18H,6H2.